The molecule has 1 heteroatoms. The molecule has 78 valence electrons. The van der Waals surface area contributed by atoms with E-state index in [9.17, 15) is 0 Å². The summed E-state index contributed by atoms with van der Waals surface area (Å²) in [6.07, 6.45) is 1.03. The van der Waals surface area contributed by atoms with E-state index in [-0.39, 0.29) is 0 Å². The van der Waals surface area contributed by atoms with Crippen LogP contribution in [0, 0.1) is 11.3 Å². The molecule has 1 nitrogen and oxygen atoms in total. The standard InChI is InChI=1S/C15H13N/c1-2-12-5-3-7-14(9-12)15-8-4-6-13(10-15)11-16/h3-10H,2H2,1H3. The van der Waals surface area contributed by atoms with Gasteiger partial charge in [0.2, 0.25) is 0 Å². The molecular weight excluding hydrogens is 194 g/mol. The minimum Gasteiger partial charge on any atom is -0.192 e. The van der Waals surface area contributed by atoms with Gasteiger partial charge in [-0.25, -0.2) is 0 Å². The summed E-state index contributed by atoms with van der Waals surface area (Å²) < 4.78 is 0. The van der Waals surface area contributed by atoms with Crippen molar-refractivity contribution in [3.05, 3.63) is 59.7 Å². The van der Waals surface area contributed by atoms with Gasteiger partial charge >= 0.3 is 0 Å². The van der Waals surface area contributed by atoms with Crippen molar-refractivity contribution in [1.29, 1.82) is 5.26 Å². The Labute approximate surface area is 96.0 Å². The first-order valence-corrected chi connectivity index (χ1v) is 5.43. The number of rotatable bonds is 2. The van der Waals surface area contributed by atoms with Crippen LogP contribution >= 0.6 is 0 Å². The largest absolute Gasteiger partial charge is 0.192 e. The van der Waals surface area contributed by atoms with Gasteiger partial charge in [-0.3, -0.25) is 0 Å². The van der Waals surface area contributed by atoms with E-state index in [0.29, 0.717) is 5.56 Å². The monoisotopic (exact) mass is 207 g/mol. The molecule has 2 aromatic carbocycles. The molecule has 0 atom stereocenters. The van der Waals surface area contributed by atoms with Crippen LogP contribution in [0.15, 0.2) is 48.5 Å². The highest BCUT2D eigenvalue weighted by atomic mass is 14.2. The molecule has 0 heterocycles. The van der Waals surface area contributed by atoms with Crippen molar-refractivity contribution >= 4 is 0 Å². The van der Waals surface area contributed by atoms with Crippen molar-refractivity contribution in [2.24, 2.45) is 0 Å². The lowest BCUT2D eigenvalue weighted by molar-refractivity contribution is 1.14. The van der Waals surface area contributed by atoms with Crippen molar-refractivity contribution in [2.45, 2.75) is 13.3 Å². The van der Waals surface area contributed by atoms with E-state index in [1.807, 2.05) is 24.3 Å². The Morgan fingerprint density at radius 2 is 1.69 bits per heavy atom. The third kappa shape index (κ3) is 2.12. The van der Waals surface area contributed by atoms with E-state index < -0.39 is 0 Å². The van der Waals surface area contributed by atoms with Crippen molar-refractivity contribution in [1.82, 2.24) is 0 Å². The SMILES string of the molecule is CCc1cccc(-c2cccc(C#N)c2)c1. The number of hydrogen-bond donors (Lipinski definition) is 0. The molecule has 0 N–H and O–H groups in total. The van der Waals surface area contributed by atoms with Crippen LogP contribution in [0.1, 0.15) is 18.1 Å². The first-order valence-electron chi connectivity index (χ1n) is 5.43. The number of nitrogens with zero attached hydrogens (tertiary/aromatic N) is 1. The summed E-state index contributed by atoms with van der Waals surface area (Å²) in [4.78, 5) is 0. The topological polar surface area (TPSA) is 23.8 Å². The molecule has 16 heavy (non-hydrogen) atoms. The van der Waals surface area contributed by atoms with Gasteiger partial charge in [0.25, 0.3) is 0 Å². The third-order valence-corrected chi connectivity index (χ3v) is 2.66. The van der Waals surface area contributed by atoms with Gasteiger partial charge in [-0.15, -0.1) is 0 Å². The van der Waals surface area contributed by atoms with Gasteiger partial charge < -0.3 is 0 Å². The second kappa shape index (κ2) is 4.63. The normalized spacial score (nSPS) is 9.75. The molecule has 0 bridgehead atoms. The minimum atomic E-state index is 0.708. The van der Waals surface area contributed by atoms with Crippen molar-refractivity contribution in [3.63, 3.8) is 0 Å². The van der Waals surface area contributed by atoms with Crippen LogP contribution < -0.4 is 0 Å². The van der Waals surface area contributed by atoms with Gasteiger partial charge in [-0.1, -0.05) is 43.3 Å². The van der Waals surface area contributed by atoms with Crippen molar-refractivity contribution in [2.75, 3.05) is 0 Å². The molecule has 2 rings (SSSR count). The fourth-order valence-electron chi connectivity index (χ4n) is 1.74. The molecule has 0 aliphatic rings. The fourth-order valence-corrected chi connectivity index (χ4v) is 1.74. The van der Waals surface area contributed by atoms with Gasteiger partial charge in [0, 0.05) is 0 Å². The van der Waals surface area contributed by atoms with E-state index in [1.165, 1.54) is 11.1 Å². The lowest BCUT2D eigenvalue weighted by Gasteiger charge is -2.04. The molecule has 0 unspecified atom stereocenters. The zero-order valence-electron chi connectivity index (χ0n) is 9.27. The first kappa shape index (κ1) is 10.4. The molecule has 0 saturated carbocycles. The molecule has 0 amide bonds. The zero-order valence-corrected chi connectivity index (χ0v) is 9.27. The van der Waals surface area contributed by atoms with Crippen LogP contribution in [0.5, 0.6) is 0 Å². The van der Waals surface area contributed by atoms with E-state index in [1.54, 1.807) is 0 Å². The number of benzene rings is 2. The Bertz CT molecular complexity index is 535. The second-order valence-electron chi connectivity index (χ2n) is 3.75. The highest BCUT2D eigenvalue weighted by Gasteiger charge is 1.99. The molecule has 0 spiro atoms. The summed E-state index contributed by atoms with van der Waals surface area (Å²) in [6.45, 7) is 2.14. The molecule has 0 aliphatic carbocycles. The number of aryl methyl sites for hydroxylation is 1. The second-order valence-corrected chi connectivity index (χ2v) is 3.75. The van der Waals surface area contributed by atoms with Gasteiger partial charge in [0.1, 0.15) is 0 Å². The first-order chi connectivity index (χ1) is 7.83. The van der Waals surface area contributed by atoms with E-state index in [2.05, 4.69) is 37.3 Å². The molecule has 0 fully saturated rings. The maximum Gasteiger partial charge on any atom is 0.0991 e. The number of nitriles is 1. The van der Waals surface area contributed by atoms with Gasteiger partial charge in [0.05, 0.1) is 11.6 Å². The quantitative estimate of drug-likeness (QED) is 0.735. The van der Waals surface area contributed by atoms with Crippen LogP contribution in [-0.4, -0.2) is 0 Å². The van der Waals surface area contributed by atoms with Crippen LogP contribution in [0.3, 0.4) is 0 Å². The van der Waals surface area contributed by atoms with E-state index in [4.69, 9.17) is 5.26 Å². The van der Waals surface area contributed by atoms with Crippen LogP contribution in [0.25, 0.3) is 11.1 Å². The van der Waals surface area contributed by atoms with Gasteiger partial charge in [-0.05, 0) is 35.2 Å². The lowest BCUT2D eigenvalue weighted by Crippen LogP contribution is -1.83. The predicted octanol–water partition coefficient (Wildman–Crippen LogP) is 3.79. The molecule has 0 aliphatic heterocycles. The molecule has 0 saturated heterocycles. The summed E-state index contributed by atoms with van der Waals surface area (Å²) in [5, 5.41) is 8.86. The zero-order chi connectivity index (χ0) is 11.4. The predicted molar refractivity (Wildman–Crippen MR) is 66.0 cm³/mol. The summed E-state index contributed by atoms with van der Waals surface area (Å²) in [5.41, 5.74) is 4.31. The Balaban J connectivity index is 2.46. The van der Waals surface area contributed by atoms with Gasteiger partial charge in [0.15, 0.2) is 0 Å². The highest BCUT2D eigenvalue weighted by Crippen LogP contribution is 2.21. The smallest absolute Gasteiger partial charge is 0.0991 e. The summed E-state index contributed by atoms with van der Waals surface area (Å²) in [7, 11) is 0. The molecule has 0 radical (unpaired) electrons. The maximum atomic E-state index is 8.86. The third-order valence-electron chi connectivity index (χ3n) is 2.66. The lowest BCUT2D eigenvalue weighted by atomic mass is 10.0. The highest BCUT2D eigenvalue weighted by molar-refractivity contribution is 5.65. The Morgan fingerprint density at radius 3 is 2.38 bits per heavy atom. The van der Waals surface area contributed by atoms with E-state index >= 15 is 0 Å². The van der Waals surface area contributed by atoms with Crippen molar-refractivity contribution < 1.29 is 0 Å². The van der Waals surface area contributed by atoms with Crippen molar-refractivity contribution in [3.8, 4) is 17.2 Å². The fraction of sp³-hybridized carbons (Fsp3) is 0.133. The average molecular weight is 207 g/mol. The Hall–Kier alpha value is -2.07. The molecule has 0 aromatic heterocycles. The Morgan fingerprint density at radius 1 is 1.00 bits per heavy atom. The van der Waals surface area contributed by atoms with Crippen LogP contribution in [0.2, 0.25) is 0 Å². The minimum absolute atomic E-state index is 0.708. The van der Waals surface area contributed by atoms with Crippen LogP contribution in [-0.2, 0) is 6.42 Å². The molecule has 2 aromatic rings. The summed E-state index contributed by atoms with van der Waals surface area (Å²) in [5.74, 6) is 0. The van der Waals surface area contributed by atoms with Gasteiger partial charge in [-0.2, -0.15) is 5.26 Å². The van der Waals surface area contributed by atoms with E-state index in [0.717, 1.165) is 12.0 Å². The maximum absolute atomic E-state index is 8.86. The molecular formula is C15H13N. The average Bonchev–Trinajstić information content (AvgIpc) is 2.39. The summed E-state index contributed by atoms with van der Waals surface area (Å²) in [6, 6.07) is 18.3. The summed E-state index contributed by atoms with van der Waals surface area (Å²) >= 11 is 0. The number of hydrogen-bond acceptors (Lipinski definition) is 1. The van der Waals surface area contributed by atoms with Crippen LogP contribution in [0.4, 0.5) is 0 Å². The Kier molecular flexibility index (Phi) is 3.03.